The minimum Gasteiger partial charge on any atom is -0.248 e. The van der Waals surface area contributed by atoms with E-state index >= 15 is 0 Å². The molecule has 88 valence electrons. The molecule has 0 aliphatic rings. The van der Waals surface area contributed by atoms with Gasteiger partial charge in [-0.05, 0) is 13.8 Å². The lowest BCUT2D eigenvalue weighted by molar-refractivity contribution is 1.25. The summed E-state index contributed by atoms with van der Waals surface area (Å²) in [6.45, 7) is 4.04. The normalized spacial score (nSPS) is 9.75. The Morgan fingerprint density at radius 3 is 1.44 bits per heavy atom. The molecule has 0 saturated heterocycles. The Kier molecular flexibility index (Phi) is 6.28. The zero-order valence-corrected chi connectivity index (χ0v) is 12.2. The molecule has 0 unspecified atom stereocenters. The molecule has 0 fully saturated rings. The minimum absolute atomic E-state index is 0.540. The molecule has 2 aromatic rings. The molecular weight excluding hydrogens is 283 g/mol. The predicted molar refractivity (Wildman–Crippen MR) is 72.8 cm³/mol. The zero-order chi connectivity index (χ0) is 12.0. The highest BCUT2D eigenvalue weighted by Gasteiger charge is 1.93. The van der Waals surface area contributed by atoms with Crippen molar-refractivity contribution in [3.05, 3.63) is 32.2 Å². The van der Waals surface area contributed by atoms with Gasteiger partial charge < -0.3 is 0 Å². The highest BCUT2D eigenvalue weighted by Crippen LogP contribution is 2.12. The van der Waals surface area contributed by atoms with Crippen LogP contribution in [0.3, 0.4) is 0 Å². The van der Waals surface area contributed by atoms with Crippen molar-refractivity contribution >= 4 is 45.9 Å². The van der Waals surface area contributed by atoms with Crippen LogP contribution in [0.2, 0.25) is 0 Å². The fourth-order valence-corrected chi connectivity index (χ4v) is 2.67. The molecule has 0 saturated carbocycles. The lowest BCUT2D eigenvalue weighted by atomic mass is 10.6. The summed E-state index contributed by atoms with van der Waals surface area (Å²) in [4.78, 5) is 10.5. The van der Waals surface area contributed by atoms with Crippen molar-refractivity contribution in [2.24, 2.45) is 0 Å². The molecule has 2 aromatic heterocycles. The predicted octanol–water partition coefficient (Wildman–Crippen LogP) is 4.38. The van der Waals surface area contributed by atoms with Crippen LogP contribution in [-0.2, 0) is 11.8 Å². The smallest absolute Gasteiger partial charge is 0.108 e. The summed E-state index contributed by atoms with van der Waals surface area (Å²) in [5.41, 5.74) is 0. The number of halogens is 2. The van der Waals surface area contributed by atoms with Crippen LogP contribution in [0.25, 0.3) is 0 Å². The summed E-state index contributed by atoms with van der Waals surface area (Å²) in [5.74, 6) is 1.08. The average Bonchev–Trinajstić information content (AvgIpc) is 2.88. The number of aromatic nitrogens is 2. The van der Waals surface area contributed by atoms with Crippen LogP contribution in [0, 0.1) is 13.8 Å². The molecule has 0 amide bonds. The summed E-state index contributed by atoms with van der Waals surface area (Å²) < 4.78 is 0. The Morgan fingerprint density at radius 2 is 1.31 bits per heavy atom. The summed E-state index contributed by atoms with van der Waals surface area (Å²) in [7, 11) is 0. The SMILES string of the molecule is Cc1cnc(CCl)s1.Cc1cnc(CCl)s1. The van der Waals surface area contributed by atoms with Gasteiger partial charge in [0.2, 0.25) is 0 Å². The maximum absolute atomic E-state index is 5.49. The average molecular weight is 295 g/mol. The number of alkyl halides is 2. The molecule has 0 aromatic carbocycles. The molecule has 2 nitrogen and oxygen atoms in total. The lowest BCUT2D eigenvalue weighted by Gasteiger charge is -1.76. The number of thiazole rings is 2. The van der Waals surface area contributed by atoms with Crippen LogP contribution in [0.1, 0.15) is 19.8 Å². The first kappa shape index (κ1) is 13.9. The molecule has 0 N–H and O–H groups in total. The first-order valence-corrected chi connectivity index (χ1v) is 7.30. The van der Waals surface area contributed by atoms with Crippen LogP contribution in [-0.4, -0.2) is 9.97 Å². The van der Waals surface area contributed by atoms with E-state index in [-0.39, 0.29) is 0 Å². The second kappa shape index (κ2) is 7.22. The first-order chi connectivity index (χ1) is 7.65. The van der Waals surface area contributed by atoms with Crippen LogP contribution >= 0.6 is 45.9 Å². The second-order valence-electron chi connectivity index (χ2n) is 3.00. The second-order valence-corrected chi connectivity index (χ2v) is 6.17. The Morgan fingerprint density at radius 1 is 0.938 bits per heavy atom. The van der Waals surface area contributed by atoms with E-state index in [1.165, 1.54) is 9.75 Å². The molecule has 2 rings (SSSR count). The van der Waals surface area contributed by atoms with Crippen molar-refractivity contribution in [3.63, 3.8) is 0 Å². The monoisotopic (exact) mass is 294 g/mol. The van der Waals surface area contributed by atoms with Crippen molar-refractivity contribution in [3.8, 4) is 0 Å². The third-order valence-electron chi connectivity index (χ3n) is 1.57. The van der Waals surface area contributed by atoms with E-state index in [2.05, 4.69) is 9.97 Å². The summed E-state index contributed by atoms with van der Waals surface area (Å²) in [6.07, 6.45) is 3.67. The van der Waals surface area contributed by atoms with Crippen LogP contribution < -0.4 is 0 Å². The molecule has 0 bridgehead atoms. The molecule has 0 aliphatic carbocycles. The molecule has 0 spiro atoms. The van der Waals surface area contributed by atoms with Gasteiger partial charge in [-0.2, -0.15) is 0 Å². The van der Waals surface area contributed by atoms with Gasteiger partial charge in [-0.15, -0.1) is 45.9 Å². The van der Waals surface area contributed by atoms with Gasteiger partial charge in [0, 0.05) is 22.1 Å². The molecule has 16 heavy (non-hydrogen) atoms. The van der Waals surface area contributed by atoms with Crippen LogP contribution in [0.4, 0.5) is 0 Å². The molecule has 2 heterocycles. The highest BCUT2D eigenvalue weighted by atomic mass is 35.5. The largest absolute Gasteiger partial charge is 0.248 e. The summed E-state index contributed by atoms with van der Waals surface area (Å²) >= 11 is 14.3. The first-order valence-electron chi connectivity index (χ1n) is 4.60. The van der Waals surface area contributed by atoms with Crippen molar-refractivity contribution in [2.45, 2.75) is 25.6 Å². The quantitative estimate of drug-likeness (QED) is 0.768. The molecule has 0 aliphatic heterocycles. The Balaban J connectivity index is 0.000000160. The van der Waals surface area contributed by atoms with Crippen LogP contribution in [0.15, 0.2) is 12.4 Å². The van der Waals surface area contributed by atoms with Gasteiger partial charge in [0.1, 0.15) is 10.0 Å². The van der Waals surface area contributed by atoms with Gasteiger partial charge in [0.25, 0.3) is 0 Å². The van der Waals surface area contributed by atoms with Gasteiger partial charge in [-0.25, -0.2) is 9.97 Å². The summed E-state index contributed by atoms with van der Waals surface area (Å²) in [5, 5.41) is 2.01. The molecule has 0 radical (unpaired) electrons. The van der Waals surface area contributed by atoms with Gasteiger partial charge in [0.05, 0.1) is 11.8 Å². The van der Waals surface area contributed by atoms with Gasteiger partial charge >= 0.3 is 0 Å². The fourth-order valence-electron chi connectivity index (χ4n) is 0.926. The molecule has 6 heteroatoms. The van der Waals surface area contributed by atoms with E-state index in [9.17, 15) is 0 Å². The van der Waals surface area contributed by atoms with Crippen molar-refractivity contribution in [2.75, 3.05) is 0 Å². The lowest BCUT2D eigenvalue weighted by Crippen LogP contribution is -1.67. The number of rotatable bonds is 2. The third-order valence-corrected chi connectivity index (χ3v) is 4.22. The van der Waals surface area contributed by atoms with E-state index < -0.39 is 0 Å². The minimum atomic E-state index is 0.540. The maximum Gasteiger partial charge on any atom is 0.108 e. The van der Waals surface area contributed by atoms with Crippen LogP contribution in [0.5, 0.6) is 0 Å². The number of hydrogen-bond acceptors (Lipinski definition) is 4. The maximum atomic E-state index is 5.49. The fraction of sp³-hybridized carbons (Fsp3) is 0.400. The number of nitrogens with zero attached hydrogens (tertiary/aromatic N) is 2. The number of hydrogen-bond donors (Lipinski definition) is 0. The Bertz CT molecular complexity index is 386. The van der Waals surface area contributed by atoms with Gasteiger partial charge in [-0.1, -0.05) is 0 Å². The molecule has 0 atom stereocenters. The number of aryl methyl sites for hydroxylation is 2. The topological polar surface area (TPSA) is 25.8 Å². The van der Waals surface area contributed by atoms with Crippen molar-refractivity contribution in [1.82, 2.24) is 9.97 Å². The third kappa shape index (κ3) is 4.78. The van der Waals surface area contributed by atoms with E-state index in [0.717, 1.165) is 10.0 Å². The van der Waals surface area contributed by atoms with E-state index in [1.54, 1.807) is 22.7 Å². The van der Waals surface area contributed by atoms with Gasteiger partial charge in [0.15, 0.2) is 0 Å². The standard InChI is InChI=1S/2C5H6ClNS/c2*1-4-3-7-5(2-6)8-4/h2*3H,2H2,1H3. The van der Waals surface area contributed by atoms with E-state index in [0.29, 0.717) is 11.8 Å². The van der Waals surface area contributed by atoms with E-state index in [4.69, 9.17) is 23.2 Å². The van der Waals surface area contributed by atoms with E-state index in [1.807, 2.05) is 26.2 Å². The Hall–Kier alpha value is -0.160. The molecular formula is C10H12Cl2N2S2. The van der Waals surface area contributed by atoms with Crippen molar-refractivity contribution in [1.29, 1.82) is 0 Å². The highest BCUT2D eigenvalue weighted by molar-refractivity contribution is 7.12. The Labute approximate surface area is 113 Å². The van der Waals surface area contributed by atoms with Crippen molar-refractivity contribution < 1.29 is 0 Å². The van der Waals surface area contributed by atoms with Gasteiger partial charge in [-0.3, -0.25) is 0 Å². The summed E-state index contributed by atoms with van der Waals surface area (Å²) in [6, 6.07) is 0. The zero-order valence-electron chi connectivity index (χ0n) is 9.04.